The molecular weight excluding hydrogens is 246 g/mol. The maximum atomic E-state index is 10.7. The molecule has 3 N–H and O–H groups in total. The van der Waals surface area contributed by atoms with Gasteiger partial charge in [0, 0.05) is 10.9 Å². The van der Waals surface area contributed by atoms with E-state index in [1.807, 2.05) is 26.0 Å². The van der Waals surface area contributed by atoms with Crippen LogP contribution in [0.4, 0.5) is 0 Å². The van der Waals surface area contributed by atoms with Gasteiger partial charge in [0.15, 0.2) is 0 Å². The monoisotopic (exact) mass is 261 g/mol. The van der Waals surface area contributed by atoms with Gasteiger partial charge in [-0.2, -0.15) is 0 Å². The first kappa shape index (κ1) is 13.5. The Morgan fingerprint density at radius 2 is 2.25 bits per heavy atom. The molecule has 5 heteroatoms. The van der Waals surface area contributed by atoms with Gasteiger partial charge in [-0.3, -0.25) is 4.79 Å². The average molecular weight is 262 g/mol. The van der Waals surface area contributed by atoms with Crippen molar-refractivity contribution in [1.29, 1.82) is 0 Å². The van der Waals surface area contributed by atoms with E-state index in [1.54, 1.807) is 0 Å². The number of rotatable bonds is 5. The highest BCUT2D eigenvalue weighted by molar-refractivity contribution is 7.16. The molecule has 1 atom stereocenters. The van der Waals surface area contributed by atoms with Crippen molar-refractivity contribution >= 4 is 28.9 Å². The lowest BCUT2D eigenvalue weighted by Crippen LogP contribution is -2.23. The van der Waals surface area contributed by atoms with Gasteiger partial charge in [0.25, 0.3) is 0 Å². The van der Waals surface area contributed by atoms with Crippen LogP contribution in [0.2, 0.25) is 4.34 Å². The Hall–Kier alpha value is -0.580. The third kappa shape index (κ3) is 4.12. The zero-order valence-electron chi connectivity index (χ0n) is 9.37. The summed E-state index contributed by atoms with van der Waals surface area (Å²) >= 11 is 7.28. The van der Waals surface area contributed by atoms with Gasteiger partial charge in [0.1, 0.15) is 0 Å². The number of hydrogen-bond donors (Lipinski definition) is 2. The molecule has 0 saturated heterocycles. The van der Waals surface area contributed by atoms with E-state index in [2.05, 4.69) is 0 Å². The van der Waals surface area contributed by atoms with Crippen LogP contribution in [0.5, 0.6) is 0 Å². The Labute approximate surface area is 104 Å². The quantitative estimate of drug-likeness (QED) is 0.855. The molecule has 1 aromatic heterocycles. The van der Waals surface area contributed by atoms with Gasteiger partial charge in [0.05, 0.1) is 10.8 Å². The molecule has 1 rings (SSSR count). The predicted octanol–water partition coefficient (Wildman–Crippen LogP) is 3.29. The maximum absolute atomic E-state index is 10.7. The largest absolute Gasteiger partial charge is 0.481 e. The second-order valence-electron chi connectivity index (χ2n) is 4.69. The van der Waals surface area contributed by atoms with Crippen molar-refractivity contribution < 1.29 is 9.90 Å². The molecular formula is C11H16ClNO2S. The smallest absolute Gasteiger partial charge is 0.303 e. The van der Waals surface area contributed by atoms with E-state index in [-0.39, 0.29) is 17.9 Å². The zero-order chi connectivity index (χ0) is 12.3. The summed E-state index contributed by atoms with van der Waals surface area (Å²) < 4.78 is 0.710. The van der Waals surface area contributed by atoms with E-state index >= 15 is 0 Å². The van der Waals surface area contributed by atoms with E-state index in [1.165, 1.54) is 11.3 Å². The van der Waals surface area contributed by atoms with Crippen LogP contribution in [0.25, 0.3) is 0 Å². The van der Waals surface area contributed by atoms with Crippen LogP contribution in [0.1, 0.15) is 37.6 Å². The van der Waals surface area contributed by atoms with Crippen molar-refractivity contribution in [1.82, 2.24) is 0 Å². The van der Waals surface area contributed by atoms with Crippen LogP contribution in [0, 0.1) is 5.41 Å². The van der Waals surface area contributed by atoms with E-state index in [0.29, 0.717) is 10.8 Å². The summed E-state index contributed by atoms with van der Waals surface area (Å²) in [4.78, 5) is 11.7. The molecule has 0 bridgehead atoms. The van der Waals surface area contributed by atoms with Gasteiger partial charge in [-0.05, 0) is 24.0 Å². The first-order valence-electron chi connectivity index (χ1n) is 5.03. The van der Waals surface area contributed by atoms with Gasteiger partial charge in [-0.15, -0.1) is 11.3 Å². The predicted molar refractivity (Wildman–Crippen MR) is 66.9 cm³/mol. The molecule has 0 aromatic carbocycles. The van der Waals surface area contributed by atoms with Crippen molar-refractivity contribution in [3.63, 3.8) is 0 Å². The lowest BCUT2D eigenvalue weighted by Gasteiger charge is -2.25. The molecule has 16 heavy (non-hydrogen) atoms. The highest BCUT2D eigenvalue weighted by Gasteiger charge is 2.25. The SMILES string of the molecule is CC(C)(CC(=O)O)CC(N)c1ccc(Cl)s1. The number of halogens is 1. The van der Waals surface area contributed by atoms with E-state index in [9.17, 15) is 4.79 Å². The molecule has 0 aliphatic rings. The number of aliphatic carboxylic acids is 1. The van der Waals surface area contributed by atoms with Gasteiger partial charge in [0.2, 0.25) is 0 Å². The number of carboxylic acids is 1. The minimum Gasteiger partial charge on any atom is -0.481 e. The van der Waals surface area contributed by atoms with Crippen molar-refractivity contribution in [2.24, 2.45) is 11.1 Å². The zero-order valence-corrected chi connectivity index (χ0v) is 10.9. The molecule has 90 valence electrons. The topological polar surface area (TPSA) is 63.3 Å². The Kier molecular flexibility index (Phi) is 4.35. The molecule has 0 spiro atoms. The highest BCUT2D eigenvalue weighted by Crippen LogP contribution is 2.35. The van der Waals surface area contributed by atoms with Gasteiger partial charge >= 0.3 is 5.97 Å². The van der Waals surface area contributed by atoms with E-state index in [0.717, 1.165) is 4.88 Å². The fourth-order valence-electron chi connectivity index (χ4n) is 1.71. The second-order valence-corrected chi connectivity index (χ2v) is 6.43. The first-order valence-corrected chi connectivity index (χ1v) is 6.22. The van der Waals surface area contributed by atoms with Crippen molar-refractivity contribution in [3.05, 3.63) is 21.3 Å². The van der Waals surface area contributed by atoms with Gasteiger partial charge < -0.3 is 10.8 Å². The van der Waals surface area contributed by atoms with E-state index < -0.39 is 5.97 Å². The number of carbonyl (C=O) groups is 1. The Bertz CT molecular complexity index is 376. The summed E-state index contributed by atoms with van der Waals surface area (Å²) in [5, 5.41) is 8.78. The maximum Gasteiger partial charge on any atom is 0.303 e. The molecule has 1 aromatic rings. The minimum atomic E-state index is -0.790. The average Bonchev–Trinajstić information content (AvgIpc) is 2.47. The third-order valence-corrected chi connectivity index (χ3v) is 3.72. The van der Waals surface area contributed by atoms with E-state index in [4.69, 9.17) is 22.4 Å². The molecule has 0 saturated carbocycles. The van der Waals surface area contributed by atoms with Crippen LogP contribution >= 0.6 is 22.9 Å². The van der Waals surface area contributed by atoms with Gasteiger partial charge in [-0.25, -0.2) is 0 Å². The summed E-state index contributed by atoms with van der Waals surface area (Å²) in [5.41, 5.74) is 5.73. The van der Waals surface area contributed by atoms with Crippen LogP contribution < -0.4 is 5.73 Å². The molecule has 1 unspecified atom stereocenters. The standard InChI is InChI=1S/C11H16ClNO2S/c1-11(2,6-10(14)15)5-7(13)8-3-4-9(12)16-8/h3-4,7H,5-6,13H2,1-2H3,(H,14,15). The molecule has 0 fully saturated rings. The van der Waals surface area contributed by atoms with Crippen LogP contribution in [0.3, 0.4) is 0 Å². The molecule has 0 amide bonds. The molecule has 0 aliphatic heterocycles. The third-order valence-electron chi connectivity index (χ3n) is 2.36. The Morgan fingerprint density at radius 3 is 2.69 bits per heavy atom. The number of nitrogens with two attached hydrogens (primary N) is 1. The first-order chi connectivity index (χ1) is 7.30. The fraction of sp³-hybridized carbons (Fsp3) is 0.545. The van der Waals surface area contributed by atoms with Crippen molar-refractivity contribution in [2.75, 3.05) is 0 Å². The number of thiophene rings is 1. The van der Waals surface area contributed by atoms with Crippen LogP contribution in [-0.4, -0.2) is 11.1 Å². The summed E-state index contributed by atoms with van der Waals surface area (Å²) in [6.45, 7) is 3.83. The summed E-state index contributed by atoms with van der Waals surface area (Å²) in [6.07, 6.45) is 0.760. The number of carboxylic acid groups (broad SMARTS) is 1. The van der Waals surface area contributed by atoms with Crippen molar-refractivity contribution in [2.45, 2.75) is 32.7 Å². The molecule has 3 nitrogen and oxygen atoms in total. The molecule has 1 heterocycles. The Morgan fingerprint density at radius 1 is 1.62 bits per heavy atom. The fourth-order valence-corrected chi connectivity index (χ4v) is 2.77. The highest BCUT2D eigenvalue weighted by atomic mass is 35.5. The lowest BCUT2D eigenvalue weighted by atomic mass is 9.82. The van der Waals surface area contributed by atoms with Crippen LogP contribution in [0.15, 0.2) is 12.1 Å². The van der Waals surface area contributed by atoms with Gasteiger partial charge in [-0.1, -0.05) is 25.4 Å². The molecule has 0 radical (unpaired) electrons. The summed E-state index contributed by atoms with van der Waals surface area (Å²) in [5.74, 6) is -0.790. The summed E-state index contributed by atoms with van der Waals surface area (Å²) in [6, 6.07) is 3.56. The molecule has 0 aliphatic carbocycles. The lowest BCUT2D eigenvalue weighted by molar-refractivity contribution is -0.139. The minimum absolute atomic E-state index is 0.125. The van der Waals surface area contributed by atoms with Crippen LogP contribution in [-0.2, 0) is 4.79 Å². The van der Waals surface area contributed by atoms with Crippen molar-refractivity contribution in [3.8, 4) is 0 Å². The summed E-state index contributed by atoms with van der Waals surface area (Å²) in [7, 11) is 0. The Balaban J connectivity index is 2.63. The normalized spacial score (nSPS) is 13.8. The number of hydrogen-bond acceptors (Lipinski definition) is 3. The second kappa shape index (κ2) is 5.17.